The van der Waals surface area contributed by atoms with E-state index in [2.05, 4.69) is 36.4 Å². The molecule has 0 amide bonds. The molecule has 7 nitrogen and oxygen atoms in total. The van der Waals surface area contributed by atoms with Crippen LogP contribution >= 0.6 is 24.0 Å². The number of aliphatic imine (C=N–C) groups is 1. The fraction of sp³-hybridized carbons (Fsp3) is 0.947. The zero-order valence-electron chi connectivity index (χ0n) is 18.2. The van der Waals surface area contributed by atoms with Crippen molar-refractivity contribution in [2.75, 3.05) is 32.5 Å². The van der Waals surface area contributed by atoms with Gasteiger partial charge in [-0.05, 0) is 39.5 Å². The van der Waals surface area contributed by atoms with E-state index in [0.29, 0.717) is 32.1 Å². The number of methoxy groups -OCH3 is 1. The minimum absolute atomic E-state index is 0. The van der Waals surface area contributed by atoms with Crippen LogP contribution in [0, 0.1) is 5.41 Å². The van der Waals surface area contributed by atoms with Gasteiger partial charge in [-0.2, -0.15) is 0 Å². The number of hydrogen-bond donors (Lipinski definition) is 2. The predicted octanol–water partition coefficient (Wildman–Crippen LogP) is 2.57. The topological polar surface area (TPSA) is 83.0 Å². The first-order valence-electron chi connectivity index (χ1n) is 10.2. The Kier molecular flexibility index (Phi) is 9.49. The summed E-state index contributed by atoms with van der Waals surface area (Å²) in [7, 11) is -1.32. The highest BCUT2D eigenvalue weighted by Crippen LogP contribution is 2.51. The van der Waals surface area contributed by atoms with E-state index in [1.165, 1.54) is 0 Å². The standard InChI is InChI=1S/C19H38N4O3S.HI/c1-7-13-27(24,25)23-11-9-15(10-12-23)21-17(20-8-2)22-16-14-19(5,26-6)18(16,3)4;/h15-16H,7-14H2,1-6H3,(H2,20,21,22);1H. The highest BCUT2D eigenvalue weighted by Gasteiger charge is 2.58. The number of halogens is 1. The predicted molar refractivity (Wildman–Crippen MR) is 126 cm³/mol. The number of nitrogens with zero attached hydrogens (tertiary/aromatic N) is 2. The SMILES string of the molecule is CCCS(=O)(=O)N1CCC(NC(=NCC)NC2CC(C)(OC)C2(C)C)CC1.I. The van der Waals surface area contributed by atoms with Gasteiger partial charge >= 0.3 is 0 Å². The van der Waals surface area contributed by atoms with Crippen molar-refractivity contribution < 1.29 is 13.2 Å². The summed E-state index contributed by atoms with van der Waals surface area (Å²) in [5.74, 6) is 1.06. The zero-order chi connectivity index (χ0) is 20.3. The van der Waals surface area contributed by atoms with E-state index in [0.717, 1.165) is 25.2 Å². The Morgan fingerprint density at radius 2 is 1.79 bits per heavy atom. The fourth-order valence-electron chi connectivity index (χ4n) is 4.04. The van der Waals surface area contributed by atoms with Gasteiger partial charge in [0.2, 0.25) is 10.0 Å². The lowest BCUT2D eigenvalue weighted by Gasteiger charge is -2.59. The Morgan fingerprint density at radius 1 is 1.18 bits per heavy atom. The molecule has 166 valence electrons. The van der Waals surface area contributed by atoms with Gasteiger partial charge in [-0.3, -0.25) is 4.99 Å². The molecule has 0 bridgehead atoms. The van der Waals surface area contributed by atoms with Crippen LogP contribution in [0.1, 0.15) is 60.3 Å². The lowest BCUT2D eigenvalue weighted by molar-refractivity contribution is -0.176. The molecule has 2 N–H and O–H groups in total. The van der Waals surface area contributed by atoms with Crippen molar-refractivity contribution in [2.45, 2.75) is 78.0 Å². The van der Waals surface area contributed by atoms with E-state index in [4.69, 9.17) is 4.74 Å². The van der Waals surface area contributed by atoms with E-state index in [-0.39, 0.29) is 46.8 Å². The number of ether oxygens (including phenoxy) is 1. The van der Waals surface area contributed by atoms with Crippen LogP contribution in [-0.4, -0.2) is 68.9 Å². The minimum Gasteiger partial charge on any atom is -0.378 e. The summed E-state index contributed by atoms with van der Waals surface area (Å²) in [6, 6.07) is 0.540. The number of sulfonamides is 1. The summed E-state index contributed by atoms with van der Waals surface area (Å²) in [5.41, 5.74) is -0.115. The van der Waals surface area contributed by atoms with E-state index >= 15 is 0 Å². The average Bonchev–Trinajstić information content (AvgIpc) is 2.61. The molecule has 0 spiro atoms. The van der Waals surface area contributed by atoms with Crippen molar-refractivity contribution in [2.24, 2.45) is 10.4 Å². The van der Waals surface area contributed by atoms with Gasteiger partial charge in [0.1, 0.15) is 0 Å². The molecule has 0 aromatic heterocycles. The molecule has 0 aromatic carbocycles. The number of rotatable bonds is 7. The van der Waals surface area contributed by atoms with Crippen molar-refractivity contribution in [3.05, 3.63) is 0 Å². The van der Waals surface area contributed by atoms with Gasteiger partial charge < -0.3 is 15.4 Å². The lowest BCUT2D eigenvalue weighted by Crippen LogP contribution is -2.70. The van der Waals surface area contributed by atoms with E-state index in [1.807, 2.05) is 13.8 Å². The quantitative estimate of drug-likeness (QED) is 0.301. The Hall–Kier alpha value is -0.130. The van der Waals surface area contributed by atoms with Crippen LogP contribution in [0.4, 0.5) is 0 Å². The molecular weight excluding hydrogens is 491 g/mol. The van der Waals surface area contributed by atoms with Crippen LogP contribution in [0.3, 0.4) is 0 Å². The van der Waals surface area contributed by atoms with Crippen molar-refractivity contribution >= 4 is 40.0 Å². The van der Waals surface area contributed by atoms with Crippen LogP contribution in [0.15, 0.2) is 4.99 Å². The summed E-state index contributed by atoms with van der Waals surface area (Å²) in [6.07, 6.45) is 3.21. The molecule has 1 aliphatic heterocycles. The van der Waals surface area contributed by atoms with Crippen molar-refractivity contribution in [1.29, 1.82) is 0 Å². The van der Waals surface area contributed by atoms with E-state index in [9.17, 15) is 8.42 Å². The van der Waals surface area contributed by atoms with Gasteiger partial charge in [-0.1, -0.05) is 20.8 Å². The molecule has 2 unspecified atom stereocenters. The molecule has 2 fully saturated rings. The Bertz CT molecular complexity index is 633. The second kappa shape index (κ2) is 10.3. The second-order valence-electron chi connectivity index (χ2n) is 8.51. The van der Waals surface area contributed by atoms with Gasteiger partial charge in [-0.25, -0.2) is 12.7 Å². The first kappa shape index (κ1) is 25.9. The average molecular weight is 531 g/mol. The highest BCUT2D eigenvalue weighted by molar-refractivity contribution is 14.0. The van der Waals surface area contributed by atoms with Crippen molar-refractivity contribution in [1.82, 2.24) is 14.9 Å². The van der Waals surface area contributed by atoms with Crippen LogP contribution in [-0.2, 0) is 14.8 Å². The Balaban J connectivity index is 0.00000392. The number of guanidine groups is 1. The molecule has 0 radical (unpaired) electrons. The number of hydrogen-bond acceptors (Lipinski definition) is 4. The lowest BCUT2D eigenvalue weighted by atomic mass is 9.56. The van der Waals surface area contributed by atoms with Gasteiger partial charge in [0, 0.05) is 44.2 Å². The first-order chi connectivity index (χ1) is 12.6. The highest BCUT2D eigenvalue weighted by atomic mass is 127. The molecule has 28 heavy (non-hydrogen) atoms. The molecule has 2 aliphatic rings. The molecule has 1 saturated carbocycles. The molecule has 2 atom stereocenters. The maximum absolute atomic E-state index is 12.2. The zero-order valence-corrected chi connectivity index (χ0v) is 21.4. The maximum atomic E-state index is 12.2. The molecule has 0 aromatic rings. The summed E-state index contributed by atoms with van der Waals surface area (Å²) in [4.78, 5) is 4.60. The van der Waals surface area contributed by atoms with Crippen molar-refractivity contribution in [3.63, 3.8) is 0 Å². The number of nitrogens with one attached hydrogen (secondary N) is 2. The molecule has 1 saturated heterocycles. The van der Waals surface area contributed by atoms with Gasteiger partial charge in [-0.15, -0.1) is 24.0 Å². The smallest absolute Gasteiger partial charge is 0.214 e. The summed E-state index contributed by atoms with van der Waals surface area (Å²) in [5, 5.41) is 7.09. The van der Waals surface area contributed by atoms with E-state index in [1.54, 1.807) is 11.4 Å². The Morgan fingerprint density at radius 3 is 2.25 bits per heavy atom. The largest absolute Gasteiger partial charge is 0.378 e. The number of piperidine rings is 1. The third-order valence-corrected chi connectivity index (χ3v) is 8.63. The second-order valence-corrected chi connectivity index (χ2v) is 10.6. The molecule has 1 aliphatic carbocycles. The molecular formula is C19H39IN4O3S. The van der Waals surface area contributed by atoms with Crippen LogP contribution in [0.5, 0.6) is 0 Å². The monoisotopic (exact) mass is 530 g/mol. The van der Waals surface area contributed by atoms with Crippen LogP contribution < -0.4 is 10.6 Å². The molecule has 2 rings (SSSR count). The normalized spacial score (nSPS) is 28.9. The summed E-state index contributed by atoms with van der Waals surface area (Å²) >= 11 is 0. The van der Waals surface area contributed by atoms with Gasteiger partial charge in [0.15, 0.2) is 5.96 Å². The maximum Gasteiger partial charge on any atom is 0.214 e. The van der Waals surface area contributed by atoms with Gasteiger partial charge in [0.05, 0.1) is 11.4 Å². The Labute approximate surface area is 188 Å². The first-order valence-corrected chi connectivity index (χ1v) is 11.8. The van der Waals surface area contributed by atoms with Gasteiger partial charge in [0.25, 0.3) is 0 Å². The van der Waals surface area contributed by atoms with Crippen molar-refractivity contribution in [3.8, 4) is 0 Å². The van der Waals surface area contributed by atoms with Crippen LogP contribution in [0.25, 0.3) is 0 Å². The third kappa shape index (κ3) is 5.51. The molecule has 9 heteroatoms. The fourth-order valence-corrected chi connectivity index (χ4v) is 5.58. The van der Waals surface area contributed by atoms with Crippen LogP contribution in [0.2, 0.25) is 0 Å². The van der Waals surface area contributed by atoms with E-state index < -0.39 is 10.0 Å². The minimum atomic E-state index is -3.09. The molecule has 1 heterocycles. The summed E-state index contributed by atoms with van der Waals surface area (Å²) in [6.45, 7) is 12.4. The third-order valence-electron chi connectivity index (χ3n) is 6.56. The summed E-state index contributed by atoms with van der Waals surface area (Å²) < 4.78 is 31.8.